The van der Waals surface area contributed by atoms with Gasteiger partial charge in [-0.15, -0.1) is 5.10 Å². The highest BCUT2D eigenvalue weighted by atomic mass is 16.4. The van der Waals surface area contributed by atoms with E-state index in [4.69, 9.17) is 0 Å². The molecule has 3 atom stereocenters. The summed E-state index contributed by atoms with van der Waals surface area (Å²) in [5.74, 6) is 0.320. The predicted molar refractivity (Wildman–Crippen MR) is 157 cm³/mol. The Hall–Kier alpha value is -2.88. The van der Waals surface area contributed by atoms with Crippen LogP contribution in [0.25, 0.3) is 5.65 Å². The van der Waals surface area contributed by atoms with Crippen LogP contribution in [0.3, 0.4) is 0 Å². The van der Waals surface area contributed by atoms with Crippen molar-refractivity contribution in [3.05, 3.63) is 59.8 Å². The van der Waals surface area contributed by atoms with Crippen LogP contribution < -0.4 is 0 Å². The van der Waals surface area contributed by atoms with E-state index in [0.717, 1.165) is 102 Å². The lowest BCUT2D eigenvalue weighted by Crippen LogP contribution is -2.47. The molecule has 9 heteroatoms. The molecule has 0 spiro atoms. The number of aliphatic carboxylic acids is 1. The molecule has 6 rings (SSSR count). The van der Waals surface area contributed by atoms with Crippen LogP contribution in [0.2, 0.25) is 0 Å². The van der Waals surface area contributed by atoms with Crippen molar-refractivity contribution in [3.63, 3.8) is 0 Å². The summed E-state index contributed by atoms with van der Waals surface area (Å²) in [6.45, 7) is 4.35. The van der Waals surface area contributed by atoms with Gasteiger partial charge in [-0.3, -0.25) is 9.69 Å². The molecule has 3 unspecified atom stereocenters. The summed E-state index contributed by atoms with van der Waals surface area (Å²) in [4.78, 5) is 17.3. The SMILES string of the molecule is O=C(O)C(C1CCCCC1)N1CC(CN2CCC(O)(CCCc3cccc4nnnn34)CC2)C(c2ccccc2)C1. The number of fused-ring (bicyclic) bond motifs is 1. The Kier molecular flexibility index (Phi) is 8.65. The maximum atomic E-state index is 12.5. The lowest BCUT2D eigenvalue weighted by molar-refractivity contribution is -0.145. The Labute approximate surface area is 242 Å². The van der Waals surface area contributed by atoms with Crippen LogP contribution in [0.5, 0.6) is 0 Å². The molecule has 2 saturated heterocycles. The third-order valence-electron chi connectivity index (χ3n) is 10.1. The van der Waals surface area contributed by atoms with Crippen LogP contribution in [-0.2, 0) is 11.2 Å². The third-order valence-corrected chi connectivity index (χ3v) is 10.1. The molecule has 2 aromatic heterocycles. The Morgan fingerprint density at radius 2 is 1.78 bits per heavy atom. The molecule has 0 amide bonds. The van der Waals surface area contributed by atoms with Crippen LogP contribution in [0.15, 0.2) is 48.5 Å². The molecule has 9 nitrogen and oxygen atoms in total. The summed E-state index contributed by atoms with van der Waals surface area (Å²) in [5.41, 5.74) is 2.50. The fourth-order valence-corrected chi connectivity index (χ4v) is 7.84. The van der Waals surface area contributed by atoms with Crippen molar-refractivity contribution in [2.45, 2.75) is 81.8 Å². The number of hydrogen-bond acceptors (Lipinski definition) is 7. The number of aliphatic hydroxyl groups is 1. The first kappa shape index (κ1) is 28.2. The minimum atomic E-state index is -0.649. The number of tetrazole rings is 1. The number of aryl methyl sites for hydroxylation is 1. The normalized spacial score (nSPS) is 25.0. The van der Waals surface area contributed by atoms with Crippen molar-refractivity contribution >= 4 is 11.6 Å². The number of carboxylic acids is 1. The summed E-state index contributed by atoms with van der Waals surface area (Å²) in [6, 6.07) is 16.2. The maximum Gasteiger partial charge on any atom is 0.321 e. The summed E-state index contributed by atoms with van der Waals surface area (Å²) >= 11 is 0. The van der Waals surface area contributed by atoms with Crippen molar-refractivity contribution in [3.8, 4) is 0 Å². The van der Waals surface area contributed by atoms with Crippen molar-refractivity contribution in [2.24, 2.45) is 11.8 Å². The van der Waals surface area contributed by atoms with E-state index < -0.39 is 11.6 Å². The minimum absolute atomic E-state index is 0.259. The van der Waals surface area contributed by atoms with E-state index in [-0.39, 0.29) is 12.0 Å². The Morgan fingerprint density at radius 3 is 2.54 bits per heavy atom. The minimum Gasteiger partial charge on any atom is -0.480 e. The number of carbonyl (C=O) groups is 1. The number of piperidine rings is 1. The van der Waals surface area contributed by atoms with Crippen LogP contribution in [0.1, 0.15) is 75.0 Å². The highest BCUT2D eigenvalue weighted by Crippen LogP contribution is 2.39. The number of aromatic nitrogens is 4. The predicted octanol–water partition coefficient (Wildman–Crippen LogP) is 4.02. The molecule has 1 aromatic carbocycles. The fraction of sp³-hybridized carbons (Fsp3) is 0.625. The van der Waals surface area contributed by atoms with E-state index in [1.807, 2.05) is 18.2 Å². The standard InChI is InChI=1S/C32H44N6O3/c39-31(40)30(25-11-5-2-6-12-25)37-22-26(28(23-37)24-9-3-1-4-10-24)21-36-19-17-32(41,18-20-36)16-8-14-27-13-7-15-29-33-34-35-38(27)29/h1,3-4,7,9-10,13,15,25-26,28,30,41H,2,5-6,8,11-12,14,16-23H2,(H,39,40). The van der Waals surface area contributed by atoms with E-state index in [1.54, 1.807) is 4.52 Å². The third kappa shape index (κ3) is 6.47. The largest absolute Gasteiger partial charge is 0.480 e. The highest BCUT2D eigenvalue weighted by Gasteiger charge is 2.43. The van der Waals surface area contributed by atoms with E-state index >= 15 is 0 Å². The van der Waals surface area contributed by atoms with Crippen LogP contribution in [0, 0.1) is 11.8 Å². The van der Waals surface area contributed by atoms with Gasteiger partial charge in [0.1, 0.15) is 6.04 Å². The van der Waals surface area contributed by atoms with Gasteiger partial charge < -0.3 is 15.1 Å². The number of benzene rings is 1. The van der Waals surface area contributed by atoms with Gasteiger partial charge >= 0.3 is 5.97 Å². The second-order valence-corrected chi connectivity index (χ2v) is 12.8. The smallest absolute Gasteiger partial charge is 0.321 e. The van der Waals surface area contributed by atoms with Gasteiger partial charge in [-0.25, -0.2) is 0 Å². The zero-order valence-corrected chi connectivity index (χ0v) is 24.0. The van der Waals surface area contributed by atoms with Crippen LogP contribution in [-0.4, -0.2) is 90.4 Å². The highest BCUT2D eigenvalue weighted by molar-refractivity contribution is 5.74. The van der Waals surface area contributed by atoms with Gasteiger partial charge in [0.05, 0.1) is 5.60 Å². The van der Waals surface area contributed by atoms with Gasteiger partial charge in [0.2, 0.25) is 0 Å². The van der Waals surface area contributed by atoms with E-state index in [2.05, 4.69) is 55.7 Å². The topological polar surface area (TPSA) is 107 Å². The molecular weight excluding hydrogens is 516 g/mol. The first-order valence-corrected chi connectivity index (χ1v) is 15.6. The van der Waals surface area contributed by atoms with Crippen molar-refractivity contribution in [1.82, 2.24) is 29.8 Å². The van der Waals surface area contributed by atoms with Gasteiger partial charge in [0, 0.05) is 44.3 Å². The zero-order chi connectivity index (χ0) is 28.2. The number of hydrogen-bond donors (Lipinski definition) is 2. The second kappa shape index (κ2) is 12.5. The van der Waals surface area contributed by atoms with Gasteiger partial charge in [-0.2, -0.15) is 4.52 Å². The van der Waals surface area contributed by atoms with Gasteiger partial charge in [-0.05, 0) is 84.9 Å². The first-order valence-electron chi connectivity index (χ1n) is 15.6. The Bertz CT molecular complexity index is 1280. The molecule has 3 fully saturated rings. The molecule has 220 valence electrons. The summed E-state index contributed by atoms with van der Waals surface area (Å²) in [7, 11) is 0. The van der Waals surface area contributed by atoms with Gasteiger partial charge in [0.25, 0.3) is 0 Å². The lowest BCUT2D eigenvalue weighted by atomic mass is 9.83. The molecule has 3 aliphatic rings. The molecule has 0 bridgehead atoms. The Morgan fingerprint density at radius 1 is 1.00 bits per heavy atom. The summed E-state index contributed by atoms with van der Waals surface area (Å²) < 4.78 is 1.78. The average Bonchev–Trinajstić information content (AvgIpc) is 3.63. The van der Waals surface area contributed by atoms with Crippen molar-refractivity contribution < 1.29 is 15.0 Å². The van der Waals surface area contributed by atoms with Crippen molar-refractivity contribution in [1.29, 1.82) is 0 Å². The molecular formula is C32H44N6O3. The number of nitrogens with zero attached hydrogens (tertiary/aromatic N) is 6. The van der Waals surface area contributed by atoms with Crippen molar-refractivity contribution in [2.75, 3.05) is 32.7 Å². The lowest BCUT2D eigenvalue weighted by Gasteiger charge is -2.40. The molecule has 0 radical (unpaired) electrons. The fourth-order valence-electron chi connectivity index (χ4n) is 7.84. The second-order valence-electron chi connectivity index (χ2n) is 12.8. The van der Waals surface area contributed by atoms with Crippen LogP contribution >= 0.6 is 0 Å². The number of rotatable bonds is 10. The quantitative estimate of drug-likeness (QED) is 0.383. The van der Waals surface area contributed by atoms with E-state index in [9.17, 15) is 15.0 Å². The monoisotopic (exact) mass is 560 g/mol. The molecule has 2 N–H and O–H groups in total. The first-order chi connectivity index (χ1) is 20.0. The summed E-state index contributed by atoms with van der Waals surface area (Å²) in [6.07, 6.45) is 9.63. The molecule has 4 heterocycles. The average molecular weight is 561 g/mol. The van der Waals surface area contributed by atoms with Crippen LogP contribution in [0.4, 0.5) is 0 Å². The molecule has 1 saturated carbocycles. The molecule has 2 aliphatic heterocycles. The maximum absolute atomic E-state index is 12.5. The van der Waals surface area contributed by atoms with E-state index in [0.29, 0.717) is 11.8 Å². The molecule has 3 aromatic rings. The Balaban J connectivity index is 1.07. The molecule has 1 aliphatic carbocycles. The number of pyridine rings is 1. The molecule has 41 heavy (non-hydrogen) atoms. The number of likely N-dealkylation sites (tertiary alicyclic amines) is 2. The number of carboxylic acid groups (broad SMARTS) is 1. The summed E-state index contributed by atoms with van der Waals surface area (Å²) in [5, 5.41) is 33.6. The zero-order valence-electron chi connectivity index (χ0n) is 24.0. The van der Waals surface area contributed by atoms with Gasteiger partial charge in [0.15, 0.2) is 5.65 Å². The van der Waals surface area contributed by atoms with E-state index in [1.165, 1.54) is 12.0 Å². The van der Waals surface area contributed by atoms with Gasteiger partial charge in [-0.1, -0.05) is 55.7 Å².